The van der Waals surface area contributed by atoms with E-state index in [9.17, 15) is 4.79 Å². The number of hydrogen-bond donors (Lipinski definition) is 0. The summed E-state index contributed by atoms with van der Waals surface area (Å²) in [6, 6.07) is 11.3. The fourth-order valence-corrected chi connectivity index (χ4v) is 1.84. The summed E-state index contributed by atoms with van der Waals surface area (Å²) in [5.74, 6) is -0.0755. The van der Waals surface area contributed by atoms with Crippen molar-refractivity contribution in [1.82, 2.24) is 4.98 Å². The number of benzene rings is 1. The number of pyridine rings is 1. The molecule has 0 fully saturated rings. The van der Waals surface area contributed by atoms with Gasteiger partial charge in [0.05, 0.1) is 7.11 Å². The average molecular weight is 271 g/mol. The highest BCUT2D eigenvalue weighted by molar-refractivity contribution is 5.78. The molecule has 1 heterocycles. The van der Waals surface area contributed by atoms with E-state index in [2.05, 4.69) is 4.98 Å². The second-order valence-corrected chi connectivity index (χ2v) is 4.49. The standard InChI is InChI=1S/C16H17NO3/c1-12-5-7-14(8-6-12)20-11-15(16(18)19-2)13-4-3-9-17-10-13/h3-10,15H,11H2,1-2H3. The maximum absolute atomic E-state index is 11.9. The predicted molar refractivity (Wildman–Crippen MR) is 75.7 cm³/mol. The van der Waals surface area contributed by atoms with E-state index in [-0.39, 0.29) is 12.6 Å². The third-order valence-electron chi connectivity index (χ3n) is 3.01. The Labute approximate surface area is 118 Å². The number of nitrogens with zero attached hydrogens (tertiary/aromatic N) is 1. The van der Waals surface area contributed by atoms with Crippen LogP contribution < -0.4 is 4.74 Å². The Kier molecular flexibility index (Phi) is 4.71. The third kappa shape index (κ3) is 3.57. The number of rotatable bonds is 5. The summed E-state index contributed by atoms with van der Waals surface area (Å²) in [4.78, 5) is 15.9. The van der Waals surface area contributed by atoms with Crippen LogP contribution in [0.2, 0.25) is 0 Å². The first kappa shape index (κ1) is 14.1. The van der Waals surface area contributed by atoms with Crippen molar-refractivity contribution >= 4 is 5.97 Å². The van der Waals surface area contributed by atoms with Crippen molar-refractivity contribution in [2.45, 2.75) is 12.8 Å². The molecule has 4 heteroatoms. The van der Waals surface area contributed by atoms with Gasteiger partial charge in [-0.2, -0.15) is 0 Å². The molecule has 1 aromatic heterocycles. The lowest BCUT2D eigenvalue weighted by Crippen LogP contribution is -2.21. The molecule has 1 aromatic carbocycles. The Hall–Kier alpha value is -2.36. The van der Waals surface area contributed by atoms with Crippen LogP contribution in [-0.2, 0) is 9.53 Å². The van der Waals surface area contributed by atoms with Gasteiger partial charge >= 0.3 is 5.97 Å². The Morgan fingerprint density at radius 1 is 1.25 bits per heavy atom. The Bertz CT molecular complexity index is 552. The smallest absolute Gasteiger partial charge is 0.316 e. The quantitative estimate of drug-likeness (QED) is 0.784. The second-order valence-electron chi connectivity index (χ2n) is 4.49. The molecule has 104 valence electrons. The minimum Gasteiger partial charge on any atom is -0.492 e. The van der Waals surface area contributed by atoms with Crippen molar-refractivity contribution in [3.05, 3.63) is 59.9 Å². The van der Waals surface area contributed by atoms with E-state index in [4.69, 9.17) is 9.47 Å². The number of methoxy groups -OCH3 is 1. The largest absolute Gasteiger partial charge is 0.492 e. The van der Waals surface area contributed by atoms with Gasteiger partial charge < -0.3 is 9.47 Å². The molecule has 1 unspecified atom stereocenters. The van der Waals surface area contributed by atoms with E-state index in [0.717, 1.165) is 16.9 Å². The van der Waals surface area contributed by atoms with Crippen LogP contribution in [0.15, 0.2) is 48.8 Å². The Morgan fingerprint density at radius 3 is 2.60 bits per heavy atom. The van der Waals surface area contributed by atoms with E-state index < -0.39 is 5.92 Å². The molecular weight excluding hydrogens is 254 g/mol. The van der Waals surface area contributed by atoms with Gasteiger partial charge in [-0.1, -0.05) is 23.8 Å². The van der Waals surface area contributed by atoms with E-state index in [1.54, 1.807) is 18.5 Å². The summed E-state index contributed by atoms with van der Waals surface area (Å²) in [6.45, 7) is 2.23. The van der Waals surface area contributed by atoms with Gasteiger partial charge in [0, 0.05) is 12.4 Å². The van der Waals surface area contributed by atoms with Gasteiger partial charge in [-0.05, 0) is 30.7 Å². The number of ether oxygens (including phenoxy) is 2. The van der Waals surface area contributed by atoms with E-state index >= 15 is 0 Å². The molecule has 4 nitrogen and oxygen atoms in total. The third-order valence-corrected chi connectivity index (χ3v) is 3.01. The molecule has 0 aliphatic rings. The normalized spacial score (nSPS) is 11.7. The van der Waals surface area contributed by atoms with Crippen LogP contribution in [0.25, 0.3) is 0 Å². The molecule has 20 heavy (non-hydrogen) atoms. The number of aromatic nitrogens is 1. The fraction of sp³-hybridized carbons (Fsp3) is 0.250. The predicted octanol–water partition coefficient (Wildman–Crippen LogP) is 2.73. The lowest BCUT2D eigenvalue weighted by Gasteiger charge is -2.15. The molecule has 1 atom stereocenters. The molecule has 0 saturated carbocycles. The first-order valence-electron chi connectivity index (χ1n) is 6.38. The summed E-state index contributed by atoms with van der Waals surface area (Å²) in [5, 5.41) is 0. The van der Waals surface area contributed by atoms with Crippen LogP contribution in [0.3, 0.4) is 0 Å². The zero-order chi connectivity index (χ0) is 14.4. The highest BCUT2D eigenvalue weighted by Gasteiger charge is 2.22. The molecule has 0 amide bonds. The second kappa shape index (κ2) is 6.70. The number of esters is 1. The first-order valence-corrected chi connectivity index (χ1v) is 6.38. The summed E-state index contributed by atoms with van der Waals surface area (Å²) >= 11 is 0. The van der Waals surface area contributed by atoms with Crippen LogP contribution in [0.4, 0.5) is 0 Å². The van der Waals surface area contributed by atoms with Crippen LogP contribution in [0.5, 0.6) is 5.75 Å². The van der Waals surface area contributed by atoms with Crippen molar-refractivity contribution < 1.29 is 14.3 Å². The topological polar surface area (TPSA) is 48.4 Å². The average Bonchev–Trinajstić information content (AvgIpc) is 2.50. The molecule has 0 N–H and O–H groups in total. The van der Waals surface area contributed by atoms with Gasteiger partial charge in [-0.15, -0.1) is 0 Å². The number of hydrogen-bond acceptors (Lipinski definition) is 4. The van der Waals surface area contributed by atoms with Gasteiger partial charge in [0.2, 0.25) is 0 Å². The van der Waals surface area contributed by atoms with Crippen LogP contribution in [-0.4, -0.2) is 24.7 Å². The molecule has 2 rings (SSSR count). The Morgan fingerprint density at radius 2 is 2.00 bits per heavy atom. The summed E-state index contributed by atoms with van der Waals surface area (Å²) in [7, 11) is 1.37. The van der Waals surface area contributed by atoms with Crippen molar-refractivity contribution in [1.29, 1.82) is 0 Å². The Balaban J connectivity index is 2.09. The number of carbonyl (C=O) groups is 1. The molecule has 0 radical (unpaired) electrons. The maximum atomic E-state index is 11.9. The SMILES string of the molecule is COC(=O)C(COc1ccc(C)cc1)c1cccnc1. The first-order chi connectivity index (χ1) is 9.70. The minimum atomic E-state index is -0.477. The molecule has 0 spiro atoms. The summed E-state index contributed by atoms with van der Waals surface area (Å²) in [6.07, 6.45) is 3.32. The van der Waals surface area contributed by atoms with E-state index in [0.29, 0.717) is 0 Å². The van der Waals surface area contributed by atoms with Gasteiger partial charge in [-0.3, -0.25) is 9.78 Å². The van der Waals surface area contributed by atoms with Crippen LogP contribution in [0, 0.1) is 6.92 Å². The lowest BCUT2D eigenvalue weighted by molar-refractivity contribution is -0.143. The van der Waals surface area contributed by atoms with Crippen molar-refractivity contribution in [3.8, 4) is 5.75 Å². The number of carbonyl (C=O) groups excluding carboxylic acids is 1. The summed E-state index contributed by atoms with van der Waals surface area (Å²) in [5.41, 5.74) is 1.94. The molecular formula is C16H17NO3. The number of aryl methyl sites for hydroxylation is 1. The zero-order valence-electron chi connectivity index (χ0n) is 11.6. The monoisotopic (exact) mass is 271 g/mol. The molecule has 0 bridgehead atoms. The van der Waals surface area contributed by atoms with Crippen molar-refractivity contribution in [3.63, 3.8) is 0 Å². The van der Waals surface area contributed by atoms with Gasteiger partial charge in [0.25, 0.3) is 0 Å². The lowest BCUT2D eigenvalue weighted by atomic mass is 10.0. The van der Waals surface area contributed by atoms with Gasteiger partial charge in [0.1, 0.15) is 18.3 Å². The molecule has 0 saturated heterocycles. The summed E-state index contributed by atoms with van der Waals surface area (Å²) < 4.78 is 10.5. The van der Waals surface area contributed by atoms with E-state index in [1.807, 2.05) is 37.3 Å². The van der Waals surface area contributed by atoms with Crippen molar-refractivity contribution in [2.75, 3.05) is 13.7 Å². The fourth-order valence-electron chi connectivity index (χ4n) is 1.84. The molecule has 0 aliphatic carbocycles. The maximum Gasteiger partial charge on any atom is 0.316 e. The minimum absolute atomic E-state index is 0.224. The van der Waals surface area contributed by atoms with Gasteiger partial charge in [0.15, 0.2) is 0 Å². The highest BCUT2D eigenvalue weighted by Crippen LogP contribution is 2.19. The van der Waals surface area contributed by atoms with Crippen LogP contribution >= 0.6 is 0 Å². The molecule has 0 aliphatic heterocycles. The highest BCUT2D eigenvalue weighted by atomic mass is 16.5. The zero-order valence-corrected chi connectivity index (χ0v) is 11.6. The van der Waals surface area contributed by atoms with Gasteiger partial charge in [-0.25, -0.2) is 0 Å². The van der Waals surface area contributed by atoms with E-state index in [1.165, 1.54) is 7.11 Å². The van der Waals surface area contributed by atoms with Crippen molar-refractivity contribution in [2.24, 2.45) is 0 Å². The van der Waals surface area contributed by atoms with Crippen LogP contribution in [0.1, 0.15) is 17.0 Å². The molecule has 2 aromatic rings.